The first kappa shape index (κ1) is 28.0. The number of nitrogen functional groups attached to an aromatic ring is 1. The van der Waals surface area contributed by atoms with Gasteiger partial charge in [-0.25, -0.2) is 8.78 Å². The second kappa shape index (κ2) is 10.4. The number of benzene rings is 2. The predicted octanol–water partition coefficient (Wildman–Crippen LogP) is 5.62. The van der Waals surface area contributed by atoms with Gasteiger partial charge in [0, 0.05) is 54.0 Å². The first-order valence-corrected chi connectivity index (χ1v) is 14.7. The highest BCUT2D eigenvalue weighted by atomic mass is 32.1. The van der Waals surface area contributed by atoms with Crippen molar-refractivity contribution in [2.45, 2.75) is 37.5 Å². The fraction of sp³-hybridized carbons (Fsp3) is 0.414. The van der Waals surface area contributed by atoms with E-state index in [4.69, 9.17) is 15.2 Å². The third-order valence-corrected chi connectivity index (χ3v) is 9.41. The van der Waals surface area contributed by atoms with Gasteiger partial charge in [0.2, 0.25) is 0 Å². The van der Waals surface area contributed by atoms with Gasteiger partial charge in [-0.15, -0.1) is 11.3 Å². The number of hydrogen-bond donors (Lipinski definition) is 2. The molecule has 3 atom stereocenters. The number of thiophene rings is 1. The van der Waals surface area contributed by atoms with E-state index in [-0.39, 0.29) is 73.6 Å². The molecule has 3 fully saturated rings. The van der Waals surface area contributed by atoms with Gasteiger partial charge >= 0.3 is 12.2 Å². The standard InChI is InChI=1S/C29H25F5N6O2S/c30-20-4-3-16(21-18(8-35)26(36)43-25(20)21)22-19(29(32,33)34)7-17-24(23(22)31)38-28(42-12-13-5-6-41-11-13)39-27(17)40-9-14-1-2-15(10-40)37-14/h3-4,7,13-15,37H,1-2,5-6,9-12,36H2/t13-,14?,15?/m0/s1. The molecule has 3 N–H and O–H groups in total. The number of nitrogens with two attached hydrogens (primary N) is 1. The lowest BCUT2D eigenvalue weighted by atomic mass is 9.92. The summed E-state index contributed by atoms with van der Waals surface area (Å²) in [4.78, 5) is 10.7. The lowest BCUT2D eigenvalue weighted by molar-refractivity contribution is -0.137. The molecule has 43 heavy (non-hydrogen) atoms. The first-order chi connectivity index (χ1) is 20.6. The van der Waals surface area contributed by atoms with Gasteiger partial charge in [0.05, 0.1) is 29.0 Å². The lowest BCUT2D eigenvalue weighted by Crippen LogP contribution is -2.51. The van der Waals surface area contributed by atoms with Crippen molar-refractivity contribution in [1.29, 1.82) is 5.26 Å². The Hall–Kier alpha value is -3.80. The van der Waals surface area contributed by atoms with Crippen LogP contribution in [-0.2, 0) is 10.9 Å². The molecule has 3 saturated heterocycles. The summed E-state index contributed by atoms with van der Waals surface area (Å²) in [6.07, 6.45) is -2.43. The van der Waals surface area contributed by atoms with E-state index >= 15 is 4.39 Å². The molecule has 2 aromatic heterocycles. The second-order valence-corrected chi connectivity index (χ2v) is 12.2. The van der Waals surface area contributed by atoms with Crippen LogP contribution in [0.4, 0.5) is 32.8 Å². The van der Waals surface area contributed by atoms with Gasteiger partial charge < -0.3 is 25.4 Å². The summed E-state index contributed by atoms with van der Waals surface area (Å²) in [6.45, 7) is 2.22. The van der Waals surface area contributed by atoms with Crippen molar-refractivity contribution in [1.82, 2.24) is 15.3 Å². The minimum Gasteiger partial charge on any atom is -0.463 e. The lowest BCUT2D eigenvalue weighted by Gasteiger charge is -2.34. The predicted molar refractivity (Wildman–Crippen MR) is 151 cm³/mol. The minimum atomic E-state index is -5.02. The van der Waals surface area contributed by atoms with Crippen LogP contribution in [0.1, 0.15) is 30.4 Å². The molecule has 3 aliphatic heterocycles. The zero-order chi connectivity index (χ0) is 30.0. The summed E-state index contributed by atoms with van der Waals surface area (Å²) in [5.41, 5.74) is 2.89. The summed E-state index contributed by atoms with van der Waals surface area (Å²) < 4.78 is 86.9. The van der Waals surface area contributed by atoms with Crippen LogP contribution in [0.25, 0.3) is 32.1 Å². The summed E-state index contributed by atoms with van der Waals surface area (Å²) >= 11 is 0.718. The van der Waals surface area contributed by atoms with Crippen molar-refractivity contribution in [2.75, 3.05) is 43.5 Å². The first-order valence-electron chi connectivity index (χ1n) is 13.9. The molecule has 0 saturated carbocycles. The number of nitrogens with zero attached hydrogens (tertiary/aromatic N) is 4. The number of alkyl halides is 3. The molecule has 2 unspecified atom stereocenters. The zero-order valence-electron chi connectivity index (χ0n) is 22.6. The third kappa shape index (κ3) is 4.79. The fourth-order valence-corrected chi connectivity index (χ4v) is 7.32. The highest BCUT2D eigenvalue weighted by Crippen LogP contribution is 2.48. The Morgan fingerprint density at radius 2 is 1.93 bits per heavy atom. The molecule has 0 aliphatic carbocycles. The van der Waals surface area contributed by atoms with Crippen molar-refractivity contribution >= 4 is 43.1 Å². The van der Waals surface area contributed by atoms with Gasteiger partial charge in [0.25, 0.3) is 0 Å². The average molecular weight is 617 g/mol. The van der Waals surface area contributed by atoms with Crippen LogP contribution in [0.5, 0.6) is 6.01 Å². The Balaban J connectivity index is 1.48. The molecular weight excluding hydrogens is 591 g/mol. The van der Waals surface area contributed by atoms with E-state index < -0.39 is 28.9 Å². The molecular formula is C29H25F5N6O2S. The normalized spacial score (nSPS) is 22.0. The maximum absolute atomic E-state index is 16.7. The van der Waals surface area contributed by atoms with E-state index in [1.54, 1.807) is 0 Å². The van der Waals surface area contributed by atoms with Crippen LogP contribution in [0.2, 0.25) is 0 Å². The molecule has 0 radical (unpaired) electrons. The Bertz CT molecular complexity index is 1790. The Morgan fingerprint density at radius 3 is 2.60 bits per heavy atom. The van der Waals surface area contributed by atoms with Gasteiger partial charge in [-0.2, -0.15) is 28.4 Å². The molecule has 224 valence electrons. The maximum atomic E-state index is 16.7. The number of halogens is 5. The number of fused-ring (bicyclic) bond motifs is 4. The van der Waals surface area contributed by atoms with Crippen molar-refractivity contribution in [3.8, 4) is 23.2 Å². The summed E-state index contributed by atoms with van der Waals surface area (Å²) in [5.74, 6) is -1.83. The van der Waals surface area contributed by atoms with E-state index in [0.29, 0.717) is 26.3 Å². The smallest absolute Gasteiger partial charge is 0.417 e. The molecule has 14 heteroatoms. The SMILES string of the molecule is N#Cc1c(N)sc2c(F)ccc(-c3c(C(F)(F)F)cc4c(N5CC6CCC(C5)N6)nc(OC[C@H]5CCOC5)nc4c3F)c12. The van der Waals surface area contributed by atoms with Gasteiger partial charge in [0.15, 0.2) is 5.82 Å². The monoisotopic (exact) mass is 616 g/mol. The summed E-state index contributed by atoms with van der Waals surface area (Å²) in [5, 5.41) is 12.8. The van der Waals surface area contributed by atoms with Crippen molar-refractivity contribution in [3.63, 3.8) is 0 Å². The van der Waals surface area contributed by atoms with Crippen molar-refractivity contribution < 1.29 is 31.4 Å². The van der Waals surface area contributed by atoms with Crippen LogP contribution in [0.15, 0.2) is 18.2 Å². The Labute approximate surface area is 246 Å². The van der Waals surface area contributed by atoms with E-state index in [2.05, 4.69) is 15.3 Å². The Kier molecular flexibility index (Phi) is 6.79. The van der Waals surface area contributed by atoms with E-state index in [1.807, 2.05) is 11.0 Å². The number of piperazine rings is 1. The number of ether oxygens (including phenoxy) is 2. The quantitative estimate of drug-likeness (QED) is 0.278. The van der Waals surface area contributed by atoms with Crippen LogP contribution in [0.3, 0.4) is 0 Å². The zero-order valence-corrected chi connectivity index (χ0v) is 23.4. The maximum Gasteiger partial charge on any atom is 0.417 e. The van der Waals surface area contributed by atoms with Crippen LogP contribution >= 0.6 is 11.3 Å². The molecule has 7 rings (SSSR count). The second-order valence-electron chi connectivity index (χ2n) is 11.2. The summed E-state index contributed by atoms with van der Waals surface area (Å²) in [7, 11) is 0. The van der Waals surface area contributed by atoms with Crippen molar-refractivity contribution in [3.05, 3.63) is 41.0 Å². The summed E-state index contributed by atoms with van der Waals surface area (Å²) in [6, 6.07) is 4.75. The van der Waals surface area contributed by atoms with Gasteiger partial charge in [-0.05, 0) is 37.0 Å². The number of aromatic nitrogens is 2. The van der Waals surface area contributed by atoms with Gasteiger partial charge in [0.1, 0.15) is 28.2 Å². The Morgan fingerprint density at radius 1 is 1.16 bits per heavy atom. The van der Waals surface area contributed by atoms with Crippen LogP contribution in [-0.4, -0.2) is 55.0 Å². The van der Waals surface area contributed by atoms with E-state index in [0.717, 1.165) is 48.8 Å². The largest absolute Gasteiger partial charge is 0.463 e. The number of anilines is 2. The average Bonchev–Trinajstić information content (AvgIpc) is 3.70. The number of rotatable bonds is 5. The van der Waals surface area contributed by atoms with Gasteiger partial charge in [-0.1, -0.05) is 6.07 Å². The number of nitriles is 1. The van der Waals surface area contributed by atoms with E-state index in [1.165, 1.54) is 0 Å². The highest BCUT2D eigenvalue weighted by Gasteiger charge is 2.40. The number of nitrogens with one attached hydrogen (secondary N) is 1. The molecule has 0 amide bonds. The topological polar surface area (TPSA) is 109 Å². The van der Waals surface area contributed by atoms with Gasteiger partial charge in [-0.3, -0.25) is 0 Å². The van der Waals surface area contributed by atoms with Crippen LogP contribution in [0, 0.1) is 28.9 Å². The fourth-order valence-electron chi connectivity index (χ4n) is 6.37. The molecule has 2 bridgehead atoms. The van der Waals surface area contributed by atoms with E-state index in [9.17, 15) is 22.8 Å². The molecule has 3 aliphatic rings. The minimum absolute atomic E-state index is 0.0757. The molecule has 0 spiro atoms. The van der Waals surface area contributed by atoms with Crippen molar-refractivity contribution in [2.24, 2.45) is 5.92 Å². The molecule has 5 heterocycles. The molecule has 4 aromatic rings. The third-order valence-electron chi connectivity index (χ3n) is 8.38. The number of hydrogen-bond acceptors (Lipinski definition) is 9. The molecule has 8 nitrogen and oxygen atoms in total. The molecule has 2 aromatic carbocycles. The highest BCUT2D eigenvalue weighted by molar-refractivity contribution is 7.23. The van der Waals surface area contributed by atoms with Crippen LogP contribution < -0.4 is 20.7 Å².